The lowest BCUT2D eigenvalue weighted by atomic mass is 9.70. The van der Waals surface area contributed by atoms with E-state index in [1.165, 1.54) is 7.11 Å². The molecule has 0 N–H and O–H groups in total. The van der Waals surface area contributed by atoms with Gasteiger partial charge in [0.05, 0.1) is 31.2 Å². The number of ether oxygens (including phenoxy) is 3. The van der Waals surface area contributed by atoms with Crippen LogP contribution < -0.4 is 0 Å². The second kappa shape index (κ2) is 7.42. The first-order chi connectivity index (χ1) is 16.9. The fraction of sp³-hybridized carbons (Fsp3) is 0.370. The summed E-state index contributed by atoms with van der Waals surface area (Å²) in [4.78, 5) is 44.1. The predicted octanol–water partition coefficient (Wildman–Crippen LogP) is 3.01. The van der Waals surface area contributed by atoms with Crippen molar-refractivity contribution in [1.29, 1.82) is 0 Å². The van der Waals surface area contributed by atoms with Crippen LogP contribution in [0.4, 0.5) is 0 Å². The van der Waals surface area contributed by atoms with Crippen LogP contribution in [0.3, 0.4) is 0 Å². The quantitative estimate of drug-likeness (QED) is 0.487. The van der Waals surface area contributed by atoms with Crippen LogP contribution in [0.2, 0.25) is 0 Å². The Morgan fingerprint density at radius 2 is 1.77 bits per heavy atom. The number of rotatable bonds is 5. The Labute approximate surface area is 203 Å². The minimum Gasteiger partial charge on any atom is -0.466 e. The maximum atomic E-state index is 14.0. The Balaban J connectivity index is 1.64. The number of benzene rings is 2. The average Bonchev–Trinajstić information content (AvgIpc) is 3.36. The monoisotopic (exact) mass is 474 g/mol. The predicted molar refractivity (Wildman–Crippen MR) is 123 cm³/mol. The summed E-state index contributed by atoms with van der Waals surface area (Å²) in [6.07, 6.45) is 0.173. The van der Waals surface area contributed by atoms with Gasteiger partial charge in [-0.3, -0.25) is 9.69 Å². The third-order valence-electron chi connectivity index (χ3n) is 7.75. The third-order valence-corrected chi connectivity index (χ3v) is 7.75. The van der Waals surface area contributed by atoms with Crippen LogP contribution in [-0.4, -0.2) is 52.8 Å². The van der Waals surface area contributed by atoms with E-state index in [0.29, 0.717) is 17.8 Å². The molecule has 8 heteroatoms. The van der Waals surface area contributed by atoms with Crippen LogP contribution in [0.25, 0.3) is 0 Å². The van der Waals surface area contributed by atoms with Gasteiger partial charge in [0.2, 0.25) is 11.4 Å². The molecule has 180 valence electrons. The molecule has 3 bridgehead atoms. The molecule has 4 aliphatic rings. The molecule has 4 heterocycles. The smallest absolute Gasteiger partial charge is 0.348 e. The highest BCUT2D eigenvalue weighted by Crippen LogP contribution is 2.67. The van der Waals surface area contributed by atoms with Crippen molar-refractivity contribution in [1.82, 2.24) is 9.80 Å². The van der Waals surface area contributed by atoms with Gasteiger partial charge in [-0.15, -0.1) is 0 Å². The Kier molecular flexibility index (Phi) is 4.63. The Bertz CT molecular complexity index is 1290. The van der Waals surface area contributed by atoms with E-state index in [-0.39, 0.29) is 18.9 Å². The summed E-state index contributed by atoms with van der Waals surface area (Å²) in [6, 6.07) is 16.8. The van der Waals surface area contributed by atoms with Gasteiger partial charge in [0.1, 0.15) is 0 Å². The van der Waals surface area contributed by atoms with E-state index in [2.05, 4.69) is 0 Å². The Morgan fingerprint density at radius 1 is 1.09 bits per heavy atom. The molecular weight excluding hydrogens is 448 g/mol. The Hall–Kier alpha value is -3.65. The van der Waals surface area contributed by atoms with Crippen LogP contribution in [0.1, 0.15) is 48.9 Å². The van der Waals surface area contributed by atoms with Gasteiger partial charge in [-0.05, 0) is 30.5 Å². The lowest BCUT2D eigenvalue weighted by Crippen LogP contribution is -2.68. The van der Waals surface area contributed by atoms with E-state index in [1.54, 1.807) is 11.8 Å². The van der Waals surface area contributed by atoms with Crippen molar-refractivity contribution in [2.45, 2.75) is 50.2 Å². The molecule has 0 radical (unpaired) electrons. The first kappa shape index (κ1) is 21.9. The molecule has 2 saturated heterocycles. The van der Waals surface area contributed by atoms with E-state index in [9.17, 15) is 14.4 Å². The van der Waals surface area contributed by atoms with E-state index in [1.807, 2.05) is 66.4 Å². The zero-order chi connectivity index (χ0) is 24.5. The average molecular weight is 475 g/mol. The largest absolute Gasteiger partial charge is 0.466 e. The van der Waals surface area contributed by atoms with Crippen molar-refractivity contribution in [2.24, 2.45) is 0 Å². The highest BCUT2D eigenvalue weighted by atomic mass is 16.6. The first-order valence-corrected chi connectivity index (χ1v) is 11.8. The van der Waals surface area contributed by atoms with Gasteiger partial charge in [0, 0.05) is 18.7 Å². The van der Waals surface area contributed by atoms with Gasteiger partial charge in [-0.25, -0.2) is 9.59 Å². The molecular formula is C27H26N2O6. The molecule has 0 saturated carbocycles. The summed E-state index contributed by atoms with van der Waals surface area (Å²) in [6.45, 7) is 4.20. The molecule has 2 aromatic rings. The molecule has 4 aliphatic heterocycles. The molecule has 4 atom stereocenters. The molecule has 2 fully saturated rings. The summed E-state index contributed by atoms with van der Waals surface area (Å²) >= 11 is 0. The third kappa shape index (κ3) is 2.57. The SMILES string of the molecule is CCOC(=O)C1=C(C)N(Cc2ccccc2)C23OC4(C(=O)OC)CC2c2ccccc2C1N3C4=O. The molecule has 0 aromatic heterocycles. The zero-order valence-corrected chi connectivity index (χ0v) is 19.8. The first-order valence-electron chi connectivity index (χ1n) is 11.8. The summed E-state index contributed by atoms with van der Waals surface area (Å²) in [5.41, 5.74) is 2.08. The molecule has 2 aromatic carbocycles. The van der Waals surface area contributed by atoms with Crippen molar-refractivity contribution in [3.8, 4) is 0 Å². The van der Waals surface area contributed by atoms with Crippen molar-refractivity contribution in [2.75, 3.05) is 13.7 Å². The van der Waals surface area contributed by atoms with Crippen molar-refractivity contribution in [3.63, 3.8) is 0 Å². The van der Waals surface area contributed by atoms with Crippen LogP contribution in [0.15, 0.2) is 65.9 Å². The maximum absolute atomic E-state index is 14.0. The second-order valence-corrected chi connectivity index (χ2v) is 9.33. The standard InChI is InChI=1S/C27H26N2O6/c1-4-34-23(30)21-16(2)28(15-17-10-6-5-7-11-17)27-20-14-26(35-27,25(32)33-3)24(31)29(27)22(21)19-13-9-8-12-18(19)20/h5-13,20,22H,4,14-15H2,1-3H3. The number of methoxy groups -OCH3 is 1. The molecule has 4 unspecified atom stereocenters. The fourth-order valence-corrected chi connectivity index (χ4v) is 6.39. The van der Waals surface area contributed by atoms with E-state index in [0.717, 1.165) is 16.7 Å². The van der Waals surface area contributed by atoms with Crippen LogP contribution >= 0.6 is 0 Å². The number of esters is 2. The number of allylic oxidation sites excluding steroid dienone is 1. The molecule has 1 spiro atoms. The number of carbonyl (C=O) groups is 3. The number of hydrogen-bond acceptors (Lipinski definition) is 7. The molecule has 35 heavy (non-hydrogen) atoms. The van der Waals surface area contributed by atoms with Gasteiger partial charge in [-0.2, -0.15) is 0 Å². The van der Waals surface area contributed by atoms with Crippen molar-refractivity contribution in [3.05, 3.63) is 82.6 Å². The highest BCUT2D eigenvalue weighted by Gasteiger charge is 2.81. The van der Waals surface area contributed by atoms with E-state index in [4.69, 9.17) is 14.2 Å². The zero-order valence-electron chi connectivity index (χ0n) is 19.8. The molecule has 8 nitrogen and oxygen atoms in total. The van der Waals surface area contributed by atoms with Gasteiger partial charge < -0.3 is 19.1 Å². The minimum absolute atomic E-state index is 0.173. The number of fused-ring (bicyclic) bond motifs is 4. The number of hydrogen-bond donors (Lipinski definition) is 0. The molecule has 6 rings (SSSR count). The van der Waals surface area contributed by atoms with Gasteiger partial charge >= 0.3 is 11.9 Å². The summed E-state index contributed by atoms with van der Waals surface area (Å²) in [5, 5.41) is 0. The number of amides is 1. The van der Waals surface area contributed by atoms with Gasteiger partial charge in [-0.1, -0.05) is 54.6 Å². The van der Waals surface area contributed by atoms with Crippen LogP contribution in [-0.2, 0) is 35.1 Å². The molecule has 1 amide bonds. The number of piperidine rings is 1. The number of carbonyl (C=O) groups excluding carboxylic acids is 3. The summed E-state index contributed by atoms with van der Waals surface area (Å²) in [5.74, 6) is -3.26. The minimum atomic E-state index is -1.76. The van der Waals surface area contributed by atoms with Crippen LogP contribution in [0, 0.1) is 0 Å². The van der Waals surface area contributed by atoms with Gasteiger partial charge in [0.15, 0.2) is 0 Å². The van der Waals surface area contributed by atoms with Crippen molar-refractivity contribution >= 4 is 17.8 Å². The lowest BCUT2D eigenvalue weighted by Gasteiger charge is -2.59. The molecule has 0 aliphatic carbocycles. The summed E-state index contributed by atoms with van der Waals surface area (Å²) < 4.78 is 17.1. The topological polar surface area (TPSA) is 85.4 Å². The second-order valence-electron chi connectivity index (χ2n) is 9.33. The summed E-state index contributed by atoms with van der Waals surface area (Å²) in [7, 11) is 1.26. The highest BCUT2D eigenvalue weighted by molar-refractivity contribution is 6.10. The fourth-order valence-electron chi connectivity index (χ4n) is 6.39. The number of nitrogens with zero attached hydrogens (tertiary/aromatic N) is 2. The normalized spacial score (nSPS) is 29.9. The van der Waals surface area contributed by atoms with Crippen LogP contribution in [0.5, 0.6) is 0 Å². The lowest BCUT2D eigenvalue weighted by molar-refractivity contribution is -0.222. The van der Waals surface area contributed by atoms with Crippen molar-refractivity contribution < 1.29 is 28.6 Å². The van der Waals surface area contributed by atoms with Gasteiger partial charge in [0.25, 0.3) is 5.91 Å². The van der Waals surface area contributed by atoms with E-state index >= 15 is 0 Å². The van der Waals surface area contributed by atoms with E-state index < -0.39 is 35.3 Å². The Morgan fingerprint density at radius 3 is 2.46 bits per heavy atom. The maximum Gasteiger partial charge on any atom is 0.348 e.